The summed E-state index contributed by atoms with van der Waals surface area (Å²) in [4.78, 5) is 11.5. The first-order chi connectivity index (χ1) is 10.0. The van der Waals surface area contributed by atoms with Crippen LogP contribution in [0.1, 0.15) is 11.6 Å². The Morgan fingerprint density at radius 2 is 1.95 bits per heavy atom. The van der Waals surface area contributed by atoms with E-state index in [-0.39, 0.29) is 0 Å². The average molecular weight is 326 g/mol. The van der Waals surface area contributed by atoms with Crippen LogP contribution in [-0.2, 0) is 4.79 Å². The molecule has 0 fully saturated rings. The molecule has 21 heavy (non-hydrogen) atoms. The minimum absolute atomic E-state index is 0.313. The maximum atomic E-state index is 11.5. The van der Waals surface area contributed by atoms with E-state index >= 15 is 0 Å². The van der Waals surface area contributed by atoms with Crippen LogP contribution in [0.2, 0.25) is 10.0 Å². The van der Waals surface area contributed by atoms with Crippen molar-refractivity contribution in [3.05, 3.63) is 58.1 Å². The van der Waals surface area contributed by atoms with Crippen molar-refractivity contribution >= 4 is 34.9 Å². The van der Waals surface area contributed by atoms with Crippen LogP contribution in [0.4, 0.5) is 5.69 Å². The van der Waals surface area contributed by atoms with Gasteiger partial charge in [-0.2, -0.15) is 0 Å². The number of halogens is 2. The summed E-state index contributed by atoms with van der Waals surface area (Å²) in [6.45, 7) is 0. The SMILES string of the molecule is COc1cccc(NC(C(=O)O)c2ccc(Cl)c(Cl)c2)c1. The van der Waals surface area contributed by atoms with Crippen LogP contribution in [0.15, 0.2) is 42.5 Å². The number of carboxylic acid groups (broad SMARTS) is 1. The molecule has 0 radical (unpaired) electrons. The third kappa shape index (κ3) is 3.80. The molecule has 2 rings (SSSR count). The number of ether oxygens (including phenoxy) is 1. The van der Waals surface area contributed by atoms with Gasteiger partial charge in [-0.3, -0.25) is 0 Å². The number of methoxy groups -OCH3 is 1. The molecule has 0 aliphatic carbocycles. The van der Waals surface area contributed by atoms with Crippen molar-refractivity contribution in [1.29, 1.82) is 0 Å². The highest BCUT2D eigenvalue weighted by molar-refractivity contribution is 6.42. The van der Waals surface area contributed by atoms with Gasteiger partial charge in [0.05, 0.1) is 17.2 Å². The molecule has 0 saturated carbocycles. The van der Waals surface area contributed by atoms with Gasteiger partial charge in [-0.05, 0) is 29.8 Å². The van der Waals surface area contributed by atoms with Gasteiger partial charge in [-0.15, -0.1) is 0 Å². The predicted octanol–water partition coefficient (Wildman–Crippen LogP) is 4.24. The second kappa shape index (κ2) is 6.70. The molecule has 0 aliphatic rings. The van der Waals surface area contributed by atoms with Crippen LogP contribution in [0.25, 0.3) is 0 Å². The number of aliphatic carboxylic acids is 1. The summed E-state index contributed by atoms with van der Waals surface area (Å²) in [7, 11) is 1.55. The highest BCUT2D eigenvalue weighted by Crippen LogP contribution is 2.28. The predicted molar refractivity (Wildman–Crippen MR) is 83.5 cm³/mol. The summed E-state index contributed by atoms with van der Waals surface area (Å²) in [5.74, 6) is -0.380. The Morgan fingerprint density at radius 1 is 1.19 bits per heavy atom. The van der Waals surface area contributed by atoms with Crippen molar-refractivity contribution in [3.8, 4) is 5.75 Å². The largest absolute Gasteiger partial charge is 0.497 e. The zero-order chi connectivity index (χ0) is 15.4. The molecule has 0 bridgehead atoms. The van der Waals surface area contributed by atoms with Crippen LogP contribution >= 0.6 is 23.2 Å². The fourth-order valence-electron chi connectivity index (χ4n) is 1.86. The van der Waals surface area contributed by atoms with Crippen molar-refractivity contribution in [1.82, 2.24) is 0 Å². The number of rotatable bonds is 5. The Hall–Kier alpha value is -1.91. The van der Waals surface area contributed by atoms with Gasteiger partial charge in [0.15, 0.2) is 6.04 Å². The van der Waals surface area contributed by atoms with Crippen molar-refractivity contribution in [2.24, 2.45) is 0 Å². The van der Waals surface area contributed by atoms with Crippen LogP contribution < -0.4 is 10.1 Å². The van der Waals surface area contributed by atoms with Crippen LogP contribution in [0, 0.1) is 0 Å². The second-order valence-electron chi connectivity index (χ2n) is 4.32. The molecular weight excluding hydrogens is 313 g/mol. The summed E-state index contributed by atoms with van der Waals surface area (Å²) in [5.41, 5.74) is 1.15. The Bertz CT molecular complexity index is 661. The Labute approximate surface area is 132 Å². The zero-order valence-corrected chi connectivity index (χ0v) is 12.7. The summed E-state index contributed by atoms with van der Waals surface area (Å²) in [6.07, 6.45) is 0. The fraction of sp³-hybridized carbons (Fsp3) is 0.133. The van der Waals surface area contributed by atoms with Gasteiger partial charge < -0.3 is 15.2 Å². The quantitative estimate of drug-likeness (QED) is 0.863. The third-order valence-corrected chi connectivity index (χ3v) is 3.64. The van der Waals surface area contributed by atoms with Gasteiger partial charge in [-0.25, -0.2) is 4.79 Å². The van der Waals surface area contributed by atoms with Crippen molar-refractivity contribution < 1.29 is 14.6 Å². The van der Waals surface area contributed by atoms with Crippen molar-refractivity contribution in [3.63, 3.8) is 0 Å². The van der Waals surface area contributed by atoms with E-state index < -0.39 is 12.0 Å². The monoisotopic (exact) mass is 325 g/mol. The summed E-state index contributed by atoms with van der Waals surface area (Å²) < 4.78 is 5.11. The lowest BCUT2D eigenvalue weighted by Crippen LogP contribution is -2.20. The lowest BCUT2D eigenvalue weighted by atomic mass is 10.1. The molecule has 2 N–H and O–H groups in total. The molecule has 0 aromatic heterocycles. The van der Waals surface area contributed by atoms with E-state index in [0.29, 0.717) is 27.0 Å². The van der Waals surface area contributed by atoms with Crippen LogP contribution in [0.5, 0.6) is 5.75 Å². The van der Waals surface area contributed by atoms with E-state index in [2.05, 4.69) is 5.32 Å². The van der Waals surface area contributed by atoms with Crippen LogP contribution in [0.3, 0.4) is 0 Å². The minimum Gasteiger partial charge on any atom is -0.497 e. The average Bonchev–Trinajstić information content (AvgIpc) is 2.47. The van der Waals surface area contributed by atoms with Gasteiger partial charge in [0, 0.05) is 11.8 Å². The first-order valence-corrected chi connectivity index (χ1v) is 6.85. The molecule has 2 aromatic rings. The molecule has 1 unspecified atom stereocenters. The highest BCUT2D eigenvalue weighted by Gasteiger charge is 2.20. The molecule has 0 saturated heterocycles. The van der Waals surface area contributed by atoms with Gasteiger partial charge >= 0.3 is 5.97 Å². The van der Waals surface area contributed by atoms with Gasteiger partial charge in [-0.1, -0.05) is 35.3 Å². The Morgan fingerprint density at radius 3 is 2.57 bits per heavy atom. The normalized spacial score (nSPS) is 11.8. The van der Waals surface area contributed by atoms with E-state index in [1.54, 1.807) is 43.5 Å². The maximum Gasteiger partial charge on any atom is 0.330 e. The summed E-state index contributed by atoms with van der Waals surface area (Å²) in [5, 5.41) is 13.0. The lowest BCUT2D eigenvalue weighted by molar-refractivity contribution is -0.138. The lowest BCUT2D eigenvalue weighted by Gasteiger charge is -2.17. The first-order valence-electron chi connectivity index (χ1n) is 6.09. The molecule has 0 heterocycles. The smallest absolute Gasteiger partial charge is 0.330 e. The number of benzene rings is 2. The second-order valence-corrected chi connectivity index (χ2v) is 5.14. The van der Waals surface area contributed by atoms with Crippen LogP contribution in [-0.4, -0.2) is 18.2 Å². The number of hydrogen-bond donors (Lipinski definition) is 2. The summed E-state index contributed by atoms with van der Waals surface area (Å²) >= 11 is 11.8. The number of carboxylic acids is 1. The van der Waals surface area contributed by atoms with Crippen molar-refractivity contribution in [2.45, 2.75) is 6.04 Å². The number of hydrogen-bond acceptors (Lipinski definition) is 3. The third-order valence-electron chi connectivity index (χ3n) is 2.90. The van der Waals surface area contributed by atoms with Gasteiger partial charge in [0.2, 0.25) is 0 Å². The van der Waals surface area contributed by atoms with Gasteiger partial charge in [0.25, 0.3) is 0 Å². The molecule has 4 nitrogen and oxygen atoms in total. The molecule has 1 atom stereocenters. The van der Waals surface area contributed by atoms with E-state index in [1.807, 2.05) is 0 Å². The molecular formula is C15H13Cl2NO3. The molecule has 0 amide bonds. The Kier molecular flexibility index (Phi) is 4.94. The maximum absolute atomic E-state index is 11.5. The standard InChI is InChI=1S/C15H13Cl2NO3/c1-21-11-4-2-3-10(8-11)18-14(15(19)20)9-5-6-12(16)13(17)7-9/h2-8,14,18H,1H3,(H,19,20). The number of carbonyl (C=O) groups is 1. The molecule has 2 aromatic carbocycles. The number of nitrogens with one attached hydrogen (secondary N) is 1. The summed E-state index contributed by atoms with van der Waals surface area (Å²) in [6, 6.07) is 10.8. The Balaban J connectivity index is 2.30. The zero-order valence-electron chi connectivity index (χ0n) is 11.1. The first kappa shape index (κ1) is 15.5. The highest BCUT2D eigenvalue weighted by atomic mass is 35.5. The molecule has 0 spiro atoms. The fourth-order valence-corrected chi connectivity index (χ4v) is 2.17. The molecule has 110 valence electrons. The van der Waals surface area contributed by atoms with Crippen molar-refractivity contribution in [2.75, 3.05) is 12.4 Å². The van der Waals surface area contributed by atoms with E-state index in [4.69, 9.17) is 27.9 Å². The minimum atomic E-state index is -1.02. The number of anilines is 1. The molecule has 6 heteroatoms. The van der Waals surface area contributed by atoms with E-state index in [9.17, 15) is 9.90 Å². The van der Waals surface area contributed by atoms with Gasteiger partial charge in [0.1, 0.15) is 5.75 Å². The van der Waals surface area contributed by atoms with E-state index in [1.165, 1.54) is 6.07 Å². The topological polar surface area (TPSA) is 58.6 Å². The molecule has 0 aliphatic heterocycles. The van der Waals surface area contributed by atoms with E-state index in [0.717, 1.165) is 0 Å².